The molecule has 0 radical (unpaired) electrons. The lowest BCUT2D eigenvalue weighted by Gasteiger charge is -2.32. The Morgan fingerprint density at radius 1 is 1.24 bits per heavy atom. The molecule has 2 fully saturated rings. The lowest BCUT2D eigenvalue weighted by Crippen LogP contribution is -2.46. The Kier molecular flexibility index (Phi) is 6.27. The zero-order chi connectivity index (χ0) is 25.0. The number of pyridine rings is 1. The van der Waals surface area contributed by atoms with Crippen LogP contribution in [0.3, 0.4) is 0 Å². The molecular formula is C24H26F5NO4. The highest BCUT2D eigenvalue weighted by molar-refractivity contribution is 5.43. The number of hydrogen-bond donors (Lipinski definition) is 1. The second-order valence-electron chi connectivity index (χ2n) is 9.09. The summed E-state index contributed by atoms with van der Waals surface area (Å²) >= 11 is 0. The van der Waals surface area contributed by atoms with Gasteiger partial charge in [-0.15, -0.1) is 0 Å². The van der Waals surface area contributed by atoms with Crippen molar-refractivity contribution >= 4 is 0 Å². The Labute approximate surface area is 193 Å². The number of aromatic nitrogens is 1. The van der Waals surface area contributed by atoms with Crippen LogP contribution in [0.2, 0.25) is 0 Å². The van der Waals surface area contributed by atoms with Gasteiger partial charge >= 0.3 is 6.18 Å². The van der Waals surface area contributed by atoms with Crippen molar-refractivity contribution in [2.45, 2.75) is 63.5 Å². The summed E-state index contributed by atoms with van der Waals surface area (Å²) in [5.41, 5.74) is -2.23. The maximum atomic E-state index is 14.6. The fourth-order valence-electron chi connectivity index (χ4n) is 5.15. The first-order chi connectivity index (χ1) is 15.9. The van der Waals surface area contributed by atoms with Crippen LogP contribution in [-0.2, 0) is 9.47 Å². The molecule has 186 valence electrons. The van der Waals surface area contributed by atoms with E-state index in [1.165, 1.54) is 19.1 Å². The van der Waals surface area contributed by atoms with E-state index in [1.807, 2.05) is 0 Å². The lowest BCUT2D eigenvalue weighted by molar-refractivity contribution is -0.275. The number of H-pyrrole nitrogens is 1. The predicted octanol–water partition coefficient (Wildman–Crippen LogP) is 5.63. The van der Waals surface area contributed by atoms with Crippen molar-refractivity contribution in [3.63, 3.8) is 0 Å². The van der Waals surface area contributed by atoms with Crippen LogP contribution in [-0.4, -0.2) is 30.5 Å². The first-order valence-electron chi connectivity index (χ1n) is 11.0. The first-order valence-corrected chi connectivity index (χ1v) is 11.0. The van der Waals surface area contributed by atoms with Gasteiger partial charge in [0.25, 0.3) is 0 Å². The van der Waals surface area contributed by atoms with Crippen LogP contribution in [0.1, 0.15) is 67.3 Å². The maximum absolute atomic E-state index is 14.6. The van der Waals surface area contributed by atoms with Gasteiger partial charge in [-0.25, -0.2) is 4.39 Å². The molecule has 4 rings (SSSR count). The Balaban J connectivity index is 1.98. The smallest absolute Gasteiger partial charge is 0.417 e. The second kappa shape index (κ2) is 8.64. The molecule has 1 aromatic carbocycles. The van der Waals surface area contributed by atoms with Crippen LogP contribution in [0.15, 0.2) is 23.0 Å². The summed E-state index contributed by atoms with van der Waals surface area (Å²) in [7, 11) is 1.12. The van der Waals surface area contributed by atoms with Gasteiger partial charge in [-0.3, -0.25) is 4.79 Å². The van der Waals surface area contributed by atoms with Gasteiger partial charge in [0.1, 0.15) is 6.10 Å². The van der Waals surface area contributed by atoms with E-state index >= 15 is 0 Å². The number of hydrogen-bond acceptors (Lipinski definition) is 4. The number of aryl methyl sites for hydroxylation is 1. The van der Waals surface area contributed by atoms with Gasteiger partial charge in [0, 0.05) is 35.8 Å². The minimum absolute atomic E-state index is 0.0209. The van der Waals surface area contributed by atoms with E-state index in [0.717, 1.165) is 20.1 Å². The number of halogens is 5. The van der Waals surface area contributed by atoms with Gasteiger partial charge in [0.05, 0.1) is 24.5 Å². The number of nitrogens with one attached hydrogen (secondary N) is 1. The molecule has 0 amide bonds. The van der Waals surface area contributed by atoms with Crippen molar-refractivity contribution in [2.24, 2.45) is 5.92 Å². The van der Waals surface area contributed by atoms with Crippen LogP contribution < -0.4 is 10.2 Å². The van der Waals surface area contributed by atoms with Gasteiger partial charge in [0.2, 0.25) is 5.82 Å². The third kappa shape index (κ3) is 3.80. The summed E-state index contributed by atoms with van der Waals surface area (Å²) in [6.45, 7) is 4.30. The molecule has 34 heavy (non-hydrogen) atoms. The van der Waals surface area contributed by atoms with Gasteiger partial charge < -0.3 is 19.2 Å². The van der Waals surface area contributed by atoms with Crippen LogP contribution in [0.25, 0.3) is 0 Å². The minimum Gasteiger partial charge on any atom is -0.493 e. The summed E-state index contributed by atoms with van der Waals surface area (Å²) in [6, 6.07) is 3.41. The molecule has 10 heteroatoms. The van der Waals surface area contributed by atoms with Gasteiger partial charge in [-0.05, 0) is 32.8 Å². The summed E-state index contributed by atoms with van der Waals surface area (Å²) in [5.74, 6) is -5.34. The number of aromatic amines is 1. The van der Waals surface area contributed by atoms with E-state index in [0.29, 0.717) is 25.1 Å². The molecule has 3 heterocycles. The average molecular weight is 487 g/mol. The first kappa shape index (κ1) is 24.7. The van der Waals surface area contributed by atoms with Crippen LogP contribution >= 0.6 is 0 Å². The van der Waals surface area contributed by atoms with Crippen molar-refractivity contribution in [3.05, 3.63) is 62.6 Å². The molecule has 0 aliphatic carbocycles. The van der Waals surface area contributed by atoms with Crippen molar-refractivity contribution < 1.29 is 36.2 Å². The summed E-state index contributed by atoms with van der Waals surface area (Å²) in [6.07, 6.45) is -5.49. The topological polar surface area (TPSA) is 60.6 Å². The molecule has 1 aromatic heterocycles. The van der Waals surface area contributed by atoms with Gasteiger partial charge in [-0.1, -0.05) is 13.0 Å². The quantitative estimate of drug-likeness (QED) is 0.568. The van der Waals surface area contributed by atoms with Crippen molar-refractivity contribution in [2.75, 3.05) is 13.7 Å². The van der Waals surface area contributed by atoms with E-state index in [1.54, 1.807) is 6.92 Å². The summed E-state index contributed by atoms with van der Waals surface area (Å²) in [4.78, 5) is 16.0. The minimum atomic E-state index is -4.78. The largest absolute Gasteiger partial charge is 0.493 e. The molecule has 2 aliphatic heterocycles. The molecule has 2 aliphatic rings. The molecule has 1 unspecified atom stereocenters. The Morgan fingerprint density at radius 2 is 1.94 bits per heavy atom. The number of methoxy groups -OCH3 is 1. The van der Waals surface area contributed by atoms with Crippen LogP contribution in [0, 0.1) is 24.5 Å². The molecule has 1 N–H and O–H groups in total. The molecule has 2 saturated heterocycles. The summed E-state index contributed by atoms with van der Waals surface area (Å²) in [5, 5.41) is 0. The fourth-order valence-corrected chi connectivity index (χ4v) is 5.15. The standard InChI is InChI=1S/C24H26F5NO4/c1-11-10-15(31)18(16-6-5-9-33-16)20(30-11)22-17(12(2)23(3,34-22)24(27,28)29)13-7-8-14(25)19(26)21(13)32-4/h7-8,10,12,16-17,22H,5-6,9H2,1-4H3,(H,30,31)/t12-,16?,17-,22+,23+/m0/s1. The average Bonchev–Trinajstić information content (AvgIpc) is 3.37. The Morgan fingerprint density at radius 3 is 2.53 bits per heavy atom. The third-order valence-corrected chi connectivity index (χ3v) is 7.08. The Bertz CT molecular complexity index is 1140. The van der Waals surface area contributed by atoms with Crippen LogP contribution in [0.4, 0.5) is 22.0 Å². The highest BCUT2D eigenvalue weighted by Gasteiger charge is 2.65. The molecule has 0 bridgehead atoms. The number of rotatable bonds is 4. The second-order valence-corrected chi connectivity index (χ2v) is 9.09. The van der Waals surface area contributed by atoms with Gasteiger partial charge in [-0.2, -0.15) is 17.6 Å². The highest BCUT2D eigenvalue weighted by atomic mass is 19.4. The number of ether oxygens (including phenoxy) is 3. The van der Waals surface area contributed by atoms with E-state index in [4.69, 9.17) is 14.2 Å². The fraction of sp³-hybridized carbons (Fsp3) is 0.542. The maximum Gasteiger partial charge on any atom is 0.417 e. The molecule has 5 nitrogen and oxygen atoms in total. The van der Waals surface area contributed by atoms with E-state index in [2.05, 4.69) is 4.98 Å². The van der Waals surface area contributed by atoms with Crippen LogP contribution in [0.5, 0.6) is 5.75 Å². The lowest BCUT2D eigenvalue weighted by atomic mass is 9.76. The molecule has 0 spiro atoms. The van der Waals surface area contributed by atoms with E-state index in [-0.39, 0.29) is 22.2 Å². The van der Waals surface area contributed by atoms with E-state index < -0.39 is 53.2 Å². The van der Waals surface area contributed by atoms with Gasteiger partial charge in [0.15, 0.2) is 22.6 Å². The molecule has 0 saturated carbocycles. The number of alkyl halides is 3. The SMILES string of the molecule is COc1c([C@H]2[C@H](c3[nH]c(C)cc(=O)c3C3CCCO3)O[C@@](C)(C(F)(F)F)[C@H]2C)ccc(F)c1F. The molecule has 2 aromatic rings. The monoisotopic (exact) mass is 487 g/mol. The van der Waals surface area contributed by atoms with E-state index in [9.17, 15) is 26.7 Å². The predicted molar refractivity (Wildman–Crippen MR) is 113 cm³/mol. The number of benzene rings is 1. The Hall–Kier alpha value is -2.46. The zero-order valence-electron chi connectivity index (χ0n) is 19.2. The molecule has 5 atom stereocenters. The molecular weight excluding hydrogens is 461 g/mol. The van der Waals surface area contributed by atoms with Crippen molar-refractivity contribution in [3.8, 4) is 5.75 Å². The van der Waals surface area contributed by atoms with Crippen molar-refractivity contribution in [1.82, 2.24) is 4.98 Å². The normalized spacial score (nSPS) is 29.6. The van der Waals surface area contributed by atoms with Crippen molar-refractivity contribution in [1.29, 1.82) is 0 Å². The highest BCUT2D eigenvalue weighted by Crippen LogP contribution is 2.60. The summed E-state index contributed by atoms with van der Waals surface area (Å²) < 4.78 is 87.9. The third-order valence-electron chi connectivity index (χ3n) is 7.08. The zero-order valence-corrected chi connectivity index (χ0v) is 19.2.